The lowest BCUT2D eigenvalue weighted by molar-refractivity contribution is -0.120. The Kier molecular flexibility index (Phi) is 6.34. The third-order valence-electron chi connectivity index (χ3n) is 4.46. The molecule has 1 N–H and O–H groups in total. The van der Waals surface area contributed by atoms with Gasteiger partial charge >= 0.3 is 5.97 Å². The van der Waals surface area contributed by atoms with Crippen molar-refractivity contribution in [2.75, 3.05) is 16.8 Å². The SMILES string of the molecule is CCCOC(=O)c1ccccc1N1C(=O)C(Cl)=C(Nc2ccc(CC)cc2)C1=O. The van der Waals surface area contributed by atoms with Crippen molar-refractivity contribution < 1.29 is 19.1 Å². The van der Waals surface area contributed by atoms with Crippen LogP contribution in [0.4, 0.5) is 11.4 Å². The van der Waals surface area contributed by atoms with Crippen molar-refractivity contribution in [2.24, 2.45) is 0 Å². The van der Waals surface area contributed by atoms with Gasteiger partial charge in [-0.15, -0.1) is 0 Å². The van der Waals surface area contributed by atoms with Gasteiger partial charge in [-0.2, -0.15) is 0 Å². The summed E-state index contributed by atoms with van der Waals surface area (Å²) in [5.74, 6) is -1.92. The highest BCUT2D eigenvalue weighted by Gasteiger charge is 2.40. The first-order valence-electron chi connectivity index (χ1n) is 9.38. The van der Waals surface area contributed by atoms with Gasteiger partial charge in [-0.25, -0.2) is 9.69 Å². The minimum Gasteiger partial charge on any atom is -0.462 e. The van der Waals surface area contributed by atoms with Crippen molar-refractivity contribution in [2.45, 2.75) is 26.7 Å². The fourth-order valence-electron chi connectivity index (χ4n) is 2.91. The summed E-state index contributed by atoms with van der Waals surface area (Å²) in [6.07, 6.45) is 1.55. The standard InChI is InChI=1S/C22H21ClN2O4/c1-3-13-29-22(28)16-7-5-6-8-17(16)25-20(26)18(23)19(21(25)27)24-15-11-9-14(4-2)10-12-15/h5-12,24H,3-4,13H2,1-2H3. The second-order valence-corrected chi connectivity index (χ2v) is 6.84. The number of halogens is 1. The van der Waals surface area contributed by atoms with Gasteiger partial charge in [0, 0.05) is 5.69 Å². The fraction of sp³-hybridized carbons (Fsp3) is 0.227. The minimum atomic E-state index is -0.694. The summed E-state index contributed by atoms with van der Waals surface area (Å²) in [5.41, 5.74) is 2.01. The molecule has 0 radical (unpaired) electrons. The molecule has 1 aliphatic heterocycles. The highest BCUT2D eigenvalue weighted by Crippen LogP contribution is 2.32. The van der Waals surface area contributed by atoms with Gasteiger partial charge in [-0.1, -0.05) is 49.7 Å². The second-order valence-electron chi connectivity index (χ2n) is 6.46. The topological polar surface area (TPSA) is 75.7 Å². The molecule has 0 fully saturated rings. The lowest BCUT2D eigenvalue weighted by Crippen LogP contribution is -2.33. The van der Waals surface area contributed by atoms with Crippen molar-refractivity contribution in [3.63, 3.8) is 0 Å². The zero-order valence-electron chi connectivity index (χ0n) is 16.2. The van der Waals surface area contributed by atoms with Gasteiger partial charge in [0.25, 0.3) is 11.8 Å². The van der Waals surface area contributed by atoms with E-state index in [-0.39, 0.29) is 28.6 Å². The number of para-hydroxylation sites is 1. The zero-order valence-corrected chi connectivity index (χ0v) is 17.0. The number of nitrogens with one attached hydrogen (secondary N) is 1. The number of hydrogen-bond acceptors (Lipinski definition) is 5. The third-order valence-corrected chi connectivity index (χ3v) is 4.81. The number of carbonyl (C=O) groups excluding carboxylic acids is 3. The normalized spacial score (nSPS) is 13.8. The van der Waals surface area contributed by atoms with Crippen LogP contribution in [0.1, 0.15) is 36.2 Å². The predicted octanol–water partition coefficient (Wildman–Crippen LogP) is 4.25. The molecule has 2 aromatic rings. The van der Waals surface area contributed by atoms with Crippen molar-refractivity contribution in [1.29, 1.82) is 0 Å². The van der Waals surface area contributed by atoms with Crippen molar-refractivity contribution in [1.82, 2.24) is 0 Å². The molecule has 150 valence electrons. The Morgan fingerprint density at radius 2 is 1.72 bits per heavy atom. The number of ether oxygens (including phenoxy) is 1. The molecule has 0 atom stereocenters. The lowest BCUT2D eigenvalue weighted by Gasteiger charge is -2.18. The predicted molar refractivity (Wildman–Crippen MR) is 112 cm³/mol. The van der Waals surface area contributed by atoms with E-state index in [1.807, 2.05) is 38.1 Å². The summed E-state index contributed by atoms with van der Waals surface area (Å²) >= 11 is 6.18. The number of benzene rings is 2. The van der Waals surface area contributed by atoms with Gasteiger partial charge in [-0.05, 0) is 42.7 Å². The van der Waals surface area contributed by atoms with Crippen molar-refractivity contribution in [3.05, 3.63) is 70.4 Å². The summed E-state index contributed by atoms with van der Waals surface area (Å²) in [7, 11) is 0. The molecule has 0 saturated heterocycles. The molecule has 2 amide bonds. The Hall–Kier alpha value is -3.12. The van der Waals surface area contributed by atoms with E-state index in [1.165, 1.54) is 12.1 Å². The second kappa shape index (κ2) is 8.92. The number of carbonyl (C=O) groups is 3. The van der Waals surface area contributed by atoms with E-state index < -0.39 is 17.8 Å². The van der Waals surface area contributed by atoms with Gasteiger partial charge in [0.05, 0.1) is 17.9 Å². The summed E-state index contributed by atoms with van der Waals surface area (Å²) in [5, 5.41) is 2.69. The Morgan fingerprint density at radius 1 is 1.03 bits per heavy atom. The van der Waals surface area contributed by atoms with E-state index in [4.69, 9.17) is 16.3 Å². The first kappa shape index (κ1) is 20.6. The van der Waals surface area contributed by atoms with E-state index in [0.717, 1.165) is 16.9 Å². The number of nitrogens with zero attached hydrogens (tertiary/aromatic N) is 1. The molecule has 0 bridgehead atoms. The minimum absolute atomic E-state index is 0.0300. The number of imide groups is 1. The van der Waals surface area contributed by atoms with Gasteiger partial charge in [0.1, 0.15) is 10.7 Å². The van der Waals surface area contributed by atoms with E-state index in [9.17, 15) is 14.4 Å². The van der Waals surface area contributed by atoms with E-state index in [2.05, 4.69) is 5.32 Å². The Labute approximate surface area is 174 Å². The number of rotatable bonds is 7. The van der Waals surface area contributed by atoms with Crippen molar-refractivity contribution >= 4 is 40.8 Å². The number of aryl methyl sites for hydroxylation is 1. The van der Waals surface area contributed by atoms with Crippen LogP contribution in [0.5, 0.6) is 0 Å². The van der Waals surface area contributed by atoms with Crippen LogP contribution in [0.2, 0.25) is 0 Å². The Balaban J connectivity index is 1.89. The number of hydrogen-bond donors (Lipinski definition) is 1. The molecule has 1 heterocycles. The molecular formula is C22H21ClN2O4. The van der Waals surface area contributed by atoms with Crippen LogP contribution in [0.15, 0.2) is 59.3 Å². The van der Waals surface area contributed by atoms with E-state index in [0.29, 0.717) is 12.1 Å². The quantitative estimate of drug-likeness (QED) is 0.543. The van der Waals surface area contributed by atoms with Crippen LogP contribution in [0.25, 0.3) is 0 Å². The van der Waals surface area contributed by atoms with Gasteiger partial charge in [0.15, 0.2) is 0 Å². The number of esters is 1. The first-order chi connectivity index (χ1) is 14.0. The molecule has 2 aromatic carbocycles. The Morgan fingerprint density at radius 3 is 2.38 bits per heavy atom. The maximum atomic E-state index is 13.0. The number of anilines is 2. The summed E-state index contributed by atoms with van der Waals surface area (Å²) < 4.78 is 5.17. The number of amides is 2. The highest BCUT2D eigenvalue weighted by molar-refractivity contribution is 6.53. The molecule has 1 aliphatic rings. The molecule has 0 spiro atoms. The molecule has 0 saturated carbocycles. The molecular weight excluding hydrogens is 392 g/mol. The Bertz CT molecular complexity index is 983. The average molecular weight is 413 g/mol. The van der Waals surface area contributed by atoms with E-state index >= 15 is 0 Å². The molecule has 0 unspecified atom stereocenters. The lowest BCUT2D eigenvalue weighted by atomic mass is 10.1. The summed E-state index contributed by atoms with van der Waals surface area (Å²) in [4.78, 5) is 39.0. The van der Waals surface area contributed by atoms with Gasteiger partial charge in [0.2, 0.25) is 0 Å². The van der Waals surface area contributed by atoms with Crippen LogP contribution < -0.4 is 10.2 Å². The molecule has 29 heavy (non-hydrogen) atoms. The maximum Gasteiger partial charge on any atom is 0.340 e. The summed E-state index contributed by atoms with van der Waals surface area (Å²) in [6, 6.07) is 13.8. The van der Waals surface area contributed by atoms with Gasteiger partial charge < -0.3 is 10.1 Å². The molecule has 3 rings (SSSR count). The molecule has 7 heteroatoms. The largest absolute Gasteiger partial charge is 0.462 e. The zero-order chi connectivity index (χ0) is 21.0. The molecule has 6 nitrogen and oxygen atoms in total. The first-order valence-corrected chi connectivity index (χ1v) is 9.76. The van der Waals surface area contributed by atoms with Gasteiger partial charge in [-0.3, -0.25) is 9.59 Å². The average Bonchev–Trinajstić information content (AvgIpc) is 2.95. The fourth-order valence-corrected chi connectivity index (χ4v) is 3.12. The third kappa shape index (κ3) is 4.17. The van der Waals surface area contributed by atoms with E-state index in [1.54, 1.807) is 12.1 Å². The maximum absolute atomic E-state index is 13.0. The van der Waals surface area contributed by atoms with Crippen LogP contribution in [0, 0.1) is 0 Å². The van der Waals surface area contributed by atoms with Crippen LogP contribution in [-0.4, -0.2) is 24.4 Å². The highest BCUT2D eigenvalue weighted by atomic mass is 35.5. The monoisotopic (exact) mass is 412 g/mol. The molecule has 0 aromatic heterocycles. The molecule has 0 aliphatic carbocycles. The van der Waals surface area contributed by atoms with Crippen molar-refractivity contribution in [3.8, 4) is 0 Å². The smallest absolute Gasteiger partial charge is 0.340 e. The van der Waals surface area contributed by atoms with Crippen LogP contribution >= 0.6 is 11.6 Å². The van der Waals surface area contributed by atoms with Crippen LogP contribution in [-0.2, 0) is 20.7 Å². The summed E-state index contributed by atoms with van der Waals surface area (Å²) in [6.45, 7) is 4.16. The van der Waals surface area contributed by atoms with Crippen LogP contribution in [0.3, 0.4) is 0 Å².